The maximum absolute atomic E-state index is 9.87. The van der Waals surface area contributed by atoms with Crippen molar-refractivity contribution in [3.05, 3.63) is 52.0 Å². The summed E-state index contributed by atoms with van der Waals surface area (Å²) in [5.74, 6) is 1.29. The van der Waals surface area contributed by atoms with Gasteiger partial charge in [-0.3, -0.25) is 0 Å². The van der Waals surface area contributed by atoms with Crippen molar-refractivity contribution in [3.8, 4) is 17.2 Å². The number of hydrogen-bond acceptors (Lipinski definition) is 2. The van der Waals surface area contributed by atoms with Crippen molar-refractivity contribution in [2.24, 2.45) is 0 Å². The van der Waals surface area contributed by atoms with Crippen molar-refractivity contribution in [3.63, 3.8) is 0 Å². The van der Waals surface area contributed by atoms with E-state index in [-0.39, 0.29) is 5.75 Å². The summed E-state index contributed by atoms with van der Waals surface area (Å²) in [6.45, 7) is 3.97. The number of rotatable bonds is 2. The standard InChI is InChI=1S/C14H13BrO2/c1-9-3-5-11(6-4-9)17-13-8-10(2)7-12(15)14(13)16/h3-8,16H,1-2H3. The van der Waals surface area contributed by atoms with Crippen LogP contribution in [-0.4, -0.2) is 5.11 Å². The summed E-state index contributed by atoms with van der Waals surface area (Å²) in [4.78, 5) is 0. The topological polar surface area (TPSA) is 29.5 Å². The van der Waals surface area contributed by atoms with Gasteiger partial charge in [0.05, 0.1) is 4.47 Å². The van der Waals surface area contributed by atoms with Crippen LogP contribution in [0.2, 0.25) is 0 Å². The van der Waals surface area contributed by atoms with Gasteiger partial charge in [-0.2, -0.15) is 0 Å². The Morgan fingerprint density at radius 2 is 1.65 bits per heavy atom. The van der Waals surface area contributed by atoms with E-state index in [1.165, 1.54) is 5.56 Å². The summed E-state index contributed by atoms with van der Waals surface area (Å²) < 4.78 is 6.28. The number of phenols is 1. The highest BCUT2D eigenvalue weighted by molar-refractivity contribution is 9.10. The summed E-state index contributed by atoms with van der Waals surface area (Å²) in [7, 11) is 0. The zero-order chi connectivity index (χ0) is 12.4. The van der Waals surface area contributed by atoms with Gasteiger partial charge in [0, 0.05) is 0 Å². The van der Waals surface area contributed by atoms with Crippen LogP contribution in [0.4, 0.5) is 0 Å². The Labute approximate surface area is 109 Å². The van der Waals surface area contributed by atoms with Crippen LogP contribution in [-0.2, 0) is 0 Å². The molecule has 1 N–H and O–H groups in total. The maximum atomic E-state index is 9.87. The van der Waals surface area contributed by atoms with Crippen LogP contribution in [0.1, 0.15) is 11.1 Å². The summed E-state index contributed by atoms with van der Waals surface area (Å²) in [6, 6.07) is 11.3. The monoisotopic (exact) mass is 292 g/mol. The first-order chi connectivity index (χ1) is 8.06. The highest BCUT2D eigenvalue weighted by atomic mass is 79.9. The lowest BCUT2D eigenvalue weighted by atomic mass is 10.2. The highest BCUT2D eigenvalue weighted by Gasteiger charge is 2.08. The van der Waals surface area contributed by atoms with Gasteiger partial charge in [0.25, 0.3) is 0 Å². The van der Waals surface area contributed by atoms with Crippen LogP contribution < -0.4 is 4.74 Å². The van der Waals surface area contributed by atoms with Gasteiger partial charge in [-0.1, -0.05) is 17.7 Å². The Balaban J connectivity index is 2.32. The third-order valence-corrected chi connectivity index (χ3v) is 3.03. The highest BCUT2D eigenvalue weighted by Crippen LogP contribution is 2.37. The molecule has 0 saturated heterocycles. The minimum Gasteiger partial charge on any atom is -0.503 e. The summed E-state index contributed by atoms with van der Waals surface area (Å²) in [6.07, 6.45) is 0. The molecule has 2 aromatic carbocycles. The Kier molecular flexibility index (Phi) is 3.38. The Bertz CT molecular complexity index is 533. The molecule has 88 valence electrons. The molecule has 0 spiro atoms. The van der Waals surface area contributed by atoms with Crippen LogP contribution in [0, 0.1) is 13.8 Å². The molecule has 0 aliphatic rings. The van der Waals surface area contributed by atoms with Crippen molar-refractivity contribution >= 4 is 15.9 Å². The Morgan fingerprint density at radius 1 is 1.00 bits per heavy atom. The van der Waals surface area contributed by atoms with E-state index in [9.17, 15) is 5.11 Å². The summed E-state index contributed by atoms with van der Waals surface area (Å²) in [5.41, 5.74) is 2.20. The van der Waals surface area contributed by atoms with Gasteiger partial charge in [-0.05, 0) is 59.6 Å². The first kappa shape index (κ1) is 12.0. The number of aromatic hydroxyl groups is 1. The number of ether oxygens (including phenoxy) is 1. The largest absolute Gasteiger partial charge is 0.503 e. The second-order valence-electron chi connectivity index (χ2n) is 4.01. The molecule has 0 unspecified atom stereocenters. The molecule has 0 atom stereocenters. The number of aryl methyl sites for hydroxylation is 2. The second-order valence-corrected chi connectivity index (χ2v) is 4.86. The van der Waals surface area contributed by atoms with Crippen LogP contribution in [0.5, 0.6) is 17.2 Å². The predicted molar refractivity (Wildman–Crippen MR) is 71.8 cm³/mol. The third-order valence-electron chi connectivity index (χ3n) is 2.42. The average molecular weight is 293 g/mol. The van der Waals surface area contributed by atoms with Gasteiger partial charge in [0.15, 0.2) is 11.5 Å². The molecule has 2 rings (SSSR count). The minimum absolute atomic E-state index is 0.121. The maximum Gasteiger partial charge on any atom is 0.172 e. The molecule has 0 radical (unpaired) electrons. The molecule has 0 bridgehead atoms. The zero-order valence-electron chi connectivity index (χ0n) is 9.70. The molecule has 0 amide bonds. The van der Waals surface area contributed by atoms with E-state index in [0.29, 0.717) is 16.0 Å². The van der Waals surface area contributed by atoms with Gasteiger partial charge in [0.2, 0.25) is 0 Å². The molecule has 0 aliphatic heterocycles. The van der Waals surface area contributed by atoms with Gasteiger partial charge >= 0.3 is 0 Å². The molecular weight excluding hydrogens is 280 g/mol. The van der Waals surface area contributed by atoms with Gasteiger partial charge in [-0.15, -0.1) is 0 Å². The molecule has 0 heterocycles. The fourth-order valence-corrected chi connectivity index (χ4v) is 2.07. The Morgan fingerprint density at radius 3 is 2.29 bits per heavy atom. The lowest BCUT2D eigenvalue weighted by molar-refractivity contribution is 0.408. The van der Waals surface area contributed by atoms with Crippen molar-refractivity contribution in [1.82, 2.24) is 0 Å². The molecule has 2 nitrogen and oxygen atoms in total. The fourth-order valence-electron chi connectivity index (χ4n) is 1.51. The van der Waals surface area contributed by atoms with Crippen molar-refractivity contribution in [2.75, 3.05) is 0 Å². The van der Waals surface area contributed by atoms with Crippen molar-refractivity contribution < 1.29 is 9.84 Å². The first-order valence-corrected chi connectivity index (χ1v) is 6.09. The molecular formula is C14H13BrO2. The molecule has 17 heavy (non-hydrogen) atoms. The molecule has 0 aromatic heterocycles. The average Bonchev–Trinajstić information content (AvgIpc) is 2.28. The zero-order valence-corrected chi connectivity index (χ0v) is 11.3. The van der Waals surface area contributed by atoms with Crippen LogP contribution in [0.3, 0.4) is 0 Å². The molecule has 0 fully saturated rings. The normalized spacial score (nSPS) is 10.3. The van der Waals surface area contributed by atoms with Crippen molar-refractivity contribution in [1.29, 1.82) is 0 Å². The van der Waals surface area contributed by atoms with E-state index in [0.717, 1.165) is 5.56 Å². The summed E-state index contributed by atoms with van der Waals surface area (Å²) in [5, 5.41) is 9.87. The second kappa shape index (κ2) is 4.80. The third kappa shape index (κ3) is 2.80. The van der Waals surface area contributed by atoms with Gasteiger partial charge in [0.1, 0.15) is 5.75 Å². The van der Waals surface area contributed by atoms with E-state index >= 15 is 0 Å². The van der Waals surface area contributed by atoms with Gasteiger partial charge < -0.3 is 9.84 Å². The lowest BCUT2D eigenvalue weighted by Gasteiger charge is -2.10. The lowest BCUT2D eigenvalue weighted by Crippen LogP contribution is -1.87. The minimum atomic E-state index is 0.121. The van der Waals surface area contributed by atoms with E-state index < -0.39 is 0 Å². The smallest absolute Gasteiger partial charge is 0.172 e. The van der Waals surface area contributed by atoms with E-state index in [4.69, 9.17) is 4.74 Å². The molecule has 0 saturated carbocycles. The van der Waals surface area contributed by atoms with Crippen LogP contribution in [0.25, 0.3) is 0 Å². The first-order valence-electron chi connectivity index (χ1n) is 5.30. The van der Waals surface area contributed by atoms with Crippen LogP contribution >= 0.6 is 15.9 Å². The number of phenolic OH excluding ortho intramolecular Hbond substituents is 1. The quantitative estimate of drug-likeness (QED) is 0.879. The molecule has 3 heteroatoms. The number of hydrogen-bond donors (Lipinski definition) is 1. The SMILES string of the molecule is Cc1ccc(Oc2cc(C)cc(Br)c2O)cc1. The number of halogens is 1. The molecule has 0 aliphatic carbocycles. The van der Waals surface area contributed by atoms with E-state index in [2.05, 4.69) is 15.9 Å². The van der Waals surface area contributed by atoms with Gasteiger partial charge in [-0.25, -0.2) is 0 Å². The fraction of sp³-hybridized carbons (Fsp3) is 0.143. The van der Waals surface area contributed by atoms with Crippen molar-refractivity contribution in [2.45, 2.75) is 13.8 Å². The number of benzene rings is 2. The van der Waals surface area contributed by atoms with E-state index in [1.54, 1.807) is 6.07 Å². The van der Waals surface area contributed by atoms with E-state index in [1.807, 2.05) is 44.2 Å². The van der Waals surface area contributed by atoms with Crippen LogP contribution in [0.15, 0.2) is 40.9 Å². The Hall–Kier alpha value is -1.48. The molecule has 2 aromatic rings. The summed E-state index contributed by atoms with van der Waals surface area (Å²) >= 11 is 3.29. The predicted octanol–water partition coefficient (Wildman–Crippen LogP) is 4.56.